The monoisotopic (exact) mass is 352 g/mol. The van der Waals surface area contributed by atoms with Gasteiger partial charge >= 0.3 is 0 Å². The van der Waals surface area contributed by atoms with E-state index in [-0.39, 0.29) is 11.9 Å². The second-order valence-corrected chi connectivity index (χ2v) is 6.46. The second-order valence-electron chi connectivity index (χ2n) is 6.46. The predicted octanol–water partition coefficient (Wildman–Crippen LogP) is 2.66. The molecule has 0 saturated carbocycles. The normalized spacial score (nSPS) is 15.2. The average Bonchev–Trinajstić information content (AvgIpc) is 3.01. The van der Waals surface area contributed by atoms with Crippen molar-refractivity contribution >= 4 is 5.82 Å². The Morgan fingerprint density at radius 2 is 1.96 bits per heavy atom. The SMILES string of the molecule is CC(Nc1ncnc2c1CCNCC2)c1cnn(-c2ccc(F)cc2)c1. The summed E-state index contributed by atoms with van der Waals surface area (Å²) in [6.45, 7) is 3.96. The van der Waals surface area contributed by atoms with Crippen molar-refractivity contribution in [3.8, 4) is 5.69 Å². The largest absolute Gasteiger partial charge is 0.363 e. The highest BCUT2D eigenvalue weighted by molar-refractivity contribution is 5.48. The van der Waals surface area contributed by atoms with Gasteiger partial charge in [0.2, 0.25) is 0 Å². The van der Waals surface area contributed by atoms with Crippen molar-refractivity contribution in [2.75, 3.05) is 18.4 Å². The van der Waals surface area contributed by atoms with E-state index in [0.717, 1.165) is 48.7 Å². The molecular weight excluding hydrogens is 331 g/mol. The molecule has 0 amide bonds. The Bertz CT molecular complexity index is 889. The Kier molecular flexibility index (Phi) is 4.62. The fourth-order valence-corrected chi connectivity index (χ4v) is 3.18. The molecular formula is C19H21FN6. The van der Waals surface area contributed by atoms with Crippen LogP contribution < -0.4 is 10.6 Å². The third-order valence-corrected chi connectivity index (χ3v) is 4.67. The lowest BCUT2D eigenvalue weighted by atomic mass is 10.1. The van der Waals surface area contributed by atoms with Gasteiger partial charge < -0.3 is 10.6 Å². The molecule has 0 fully saturated rings. The third-order valence-electron chi connectivity index (χ3n) is 4.67. The quantitative estimate of drug-likeness (QED) is 0.756. The fraction of sp³-hybridized carbons (Fsp3) is 0.316. The molecule has 2 aromatic heterocycles. The van der Waals surface area contributed by atoms with Crippen molar-refractivity contribution in [2.45, 2.75) is 25.8 Å². The predicted molar refractivity (Wildman–Crippen MR) is 97.9 cm³/mol. The van der Waals surface area contributed by atoms with E-state index >= 15 is 0 Å². The van der Waals surface area contributed by atoms with Gasteiger partial charge in [0, 0.05) is 30.3 Å². The summed E-state index contributed by atoms with van der Waals surface area (Å²) in [5.74, 6) is 0.635. The second kappa shape index (κ2) is 7.21. The van der Waals surface area contributed by atoms with Crippen LogP contribution in [0.4, 0.5) is 10.2 Å². The van der Waals surface area contributed by atoms with Crippen molar-refractivity contribution in [1.82, 2.24) is 25.1 Å². The van der Waals surface area contributed by atoms with E-state index in [9.17, 15) is 4.39 Å². The summed E-state index contributed by atoms with van der Waals surface area (Å²) < 4.78 is 14.8. The van der Waals surface area contributed by atoms with Crippen LogP contribution in [0.2, 0.25) is 0 Å². The average molecular weight is 352 g/mol. The summed E-state index contributed by atoms with van der Waals surface area (Å²) >= 11 is 0. The van der Waals surface area contributed by atoms with E-state index in [2.05, 4.69) is 32.6 Å². The molecule has 0 aliphatic carbocycles. The van der Waals surface area contributed by atoms with Gasteiger partial charge in [0.1, 0.15) is 18.0 Å². The Morgan fingerprint density at radius 1 is 1.15 bits per heavy atom. The molecule has 134 valence electrons. The van der Waals surface area contributed by atoms with Gasteiger partial charge in [0.05, 0.1) is 23.6 Å². The van der Waals surface area contributed by atoms with Crippen LogP contribution >= 0.6 is 0 Å². The molecule has 1 aromatic carbocycles. The zero-order valence-corrected chi connectivity index (χ0v) is 14.6. The van der Waals surface area contributed by atoms with Crippen LogP contribution in [0.1, 0.15) is 29.8 Å². The summed E-state index contributed by atoms with van der Waals surface area (Å²) in [5, 5.41) is 11.3. The Labute approximate surface area is 151 Å². The highest BCUT2D eigenvalue weighted by Gasteiger charge is 2.17. The van der Waals surface area contributed by atoms with Crippen molar-refractivity contribution in [1.29, 1.82) is 0 Å². The molecule has 0 radical (unpaired) electrons. The maximum absolute atomic E-state index is 13.1. The van der Waals surface area contributed by atoms with Crippen LogP contribution in [-0.4, -0.2) is 32.8 Å². The first-order chi connectivity index (χ1) is 12.7. The van der Waals surface area contributed by atoms with Crippen LogP contribution in [0.25, 0.3) is 5.69 Å². The molecule has 6 nitrogen and oxygen atoms in total. The number of fused-ring (bicyclic) bond motifs is 1. The number of hydrogen-bond donors (Lipinski definition) is 2. The highest BCUT2D eigenvalue weighted by atomic mass is 19.1. The number of anilines is 1. The van der Waals surface area contributed by atoms with Crippen LogP contribution in [0.3, 0.4) is 0 Å². The van der Waals surface area contributed by atoms with E-state index < -0.39 is 0 Å². The van der Waals surface area contributed by atoms with Gasteiger partial charge in [-0.15, -0.1) is 0 Å². The minimum absolute atomic E-state index is 0.0411. The molecule has 26 heavy (non-hydrogen) atoms. The lowest BCUT2D eigenvalue weighted by Gasteiger charge is -2.16. The molecule has 1 unspecified atom stereocenters. The van der Waals surface area contributed by atoms with E-state index in [1.807, 2.05) is 12.4 Å². The third kappa shape index (κ3) is 3.43. The molecule has 1 aliphatic heterocycles. The number of aromatic nitrogens is 4. The fourth-order valence-electron chi connectivity index (χ4n) is 3.18. The number of halogens is 1. The van der Waals surface area contributed by atoms with Crippen LogP contribution in [0.5, 0.6) is 0 Å². The van der Waals surface area contributed by atoms with Gasteiger partial charge in [-0.1, -0.05) is 0 Å². The number of nitrogens with one attached hydrogen (secondary N) is 2. The smallest absolute Gasteiger partial charge is 0.133 e. The maximum atomic E-state index is 13.1. The number of benzene rings is 1. The minimum atomic E-state index is -0.255. The molecule has 0 saturated heterocycles. The summed E-state index contributed by atoms with van der Waals surface area (Å²) in [5.41, 5.74) is 4.16. The summed E-state index contributed by atoms with van der Waals surface area (Å²) in [7, 11) is 0. The number of rotatable bonds is 4. The number of hydrogen-bond acceptors (Lipinski definition) is 5. The first-order valence-electron chi connectivity index (χ1n) is 8.81. The maximum Gasteiger partial charge on any atom is 0.133 e. The van der Waals surface area contributed by atoms with Crippen LogP contribution in [0.15, 0.2) is 43.0 Å². The molecule has 1 atom stereocenters. The van der Waals surface area contributed by atoms with Crippen LogP contribution in [-0.2, 0) is 12.8 Å². The Morgan fingerprint density at radius 3 is 2.81 bits per heavy atom. The van der Waals surface area contributed by atoms with Gasteiger partial charge in [-0.3, -0.25) is 0 Å². The van der Waals surface area contributed by atoms with Gasteiger partial charge in [0.25, 0.3) is 0 Å². The topological polar surface area (TPSA) is 67.7 Å². The summed E-state index contributed by atoms with van der Waals surface area (Å²) in [6, 6.07) is 6.33. The minimum Gasteiger partial charge on any atom is -0.363 e. The molecule has 0 bridgehead atoms. The highest BCUT2D eigenvalue weighted by Crippen LogP contribution is 2.24. The molecule has 3 aromatic rings. The molecule has 7 heteroatoms. The standard InChI is InChI=1S/C19H21FN6/c1-13(14-10-24-26(11-14)16-4-2-15(20)3-5-16)25-19-17-6-8-21-9-7-18(17)22-12-23-19/h2-5,10-13,21H,6-9H2,1H3,(H,22,23,25). The van der Waals surface area contributed by atoms with E-state index in [1.165, 1.54) is 17.7 Å². The van der Waals surface area contributed by atoms with Gasteiger partial charge in [-0.2, -0.15) is 5.10 Å². The van der Waals surface area contributed by atoms with Crippen LogP contribution in [0, 0.1) is 5.82 Å². The zero-order valence-electron chi connectivity index (χ0n) is 14.6. The van der Waals surface area contributed by atoms with Crippen molar-refractivity contribution in [2.24, 2.45) is 0 Å². The van der Waals surface area contributed by atoms with E-state index in [0.29, 0.717) is 0 Å². The summed E-state index contributed by atoms with van der Waals surface area (Å²) in [6.07, 6.45) is 7.24. The first kappa shape index (κ1) is 16.7. The van der Waals surface area contributed by atoms with E-state index in [4.69, 9.17) is 0 Å². The van der Waals surface area contributed by atoms with Crippen molar-refractivity contribution in [3.63, 3.8) is 0 Å². The molecule has 3 heterocycles. The molecule has 1 aliphatic rings. The van der Waals surface area contributed by atoms with E-state index in [1.54, 1.807) is 23.1 Å². The Balaban J connectivity index is 1.54. The molecule has 2 N–H and O–H groups in total. The van der Waals surface area contributed by atoms with Gasteiger partial charge in [0.15, 0.2) is 0 Å². The zero-order chi connectivity index (χ0) is 17.9. The Hall–Kier alpha value is -2.80. The van der Waals surface area contributed by atoms with Crippen molar-refractivity contribution in [3.05, 3.63) is 65.6 Å². The lowest BCUT2D eigenvalue weighted by Crippen LogP contribution is -2.16. The molecule has 0 spiro atoms. The molecule has 4 rings (SSSR count). The van der Waals surface area contributed by atoms with Gasteiger partial charge in [-0.05, 0) is 44.2 Å². The number of nitrogens with zero attached hydrogens (tertiary/aromatic N) is 4. The lowest BCUT2D eigenvalue weighted by molar-refractivity contribution is 0.627. The first-order valence-corrected chi connectivity index (χ1v) is 8.81. The summed E-state index contributed by atoms with van der Waals surface area (Å²) in [4.78, 5) is 8.89. The van der Waals surface area contributed by atoms with Gasteiger partial charge in [-0.25, -0.2) is 19.0 Å². The van der Waals surface area contributed by atoms with Crippen molar-refractivity contribution < 1.29 is 4.39 Å².